The number of nitrogens with zero attached hydrogens (tertiary/aromatic N) is 5. The van der Waals surface area contributed by atoms with Crippen molar-refractivity contribution in [3.05, 3.63) is 5.82 Å². The summed E-state index contributed by atoms with van der Waals surface area (Å²) in [4.78, 5) is 13.6. The van der Waals surface area contributed by atoms with E-state index in [1.165, 1.54) is 0 Å². The number of hydrogen-bond acceptors (Lipinski definition) is 5. The Morgan fingerprint density at radius 3 is 2.89 bits per heavy atom. The number of aliphatic carboxylic acids is 1. The number of likely N-dealkylation sites (tertiary alicyclic amines) is 1. The van der Waals surface area contributed by atoms with Gasteiger partial charge in [0, 0.05) is 6.54 Å². The number of aromatic nitrogens is 4. The highest BCUT2D eigenvalue weighted by Crippen LogP contribution is 2.37. The van der Waals surface area contributed by atoms with Gasteiger partial charge < -0.3 is 5.11 Å². The largest absolute Gasteiger partial charge is 0.481 e. The summed E-state index contributed by atoms with van der Waals surface area (Å²) in [7, 11) is 0. The van der Waals surface area contributed by atoms with Crippen molar-refractivity contribution in [3.63, 3.8) is 0 Å². The molecular formula is C12H19N5O2. The van der Waals surface area contributed by atoms with Crippen molar-refractivity contribution in [2.45, 2.75) is 45.2 Å². The average Bonchev–Trinajstić information content (AvgIpc) is 2.99. The molecule has 0 bridgehead atoms. The highest BCUT2D eigenvalue weighted by molar-refractivity contribution is 5.75. The van der Waals surface area contributed by atoms with Crippen LogP contribution in [0.4, 0.5) is 0 Å². The number of carboxylic acid groups (broad SMARTS) is 1. The predicted octanol–water partition coefficient (Wildman–Crippen LogP) is 0.695. The summed E-state index contributed by atoms with van der Waals surface area (Å²) >= 11 is 0. The smallest absolute Gasteiger partial charge is 0.310 e. The van der Waals surface area contributed by atoms with E-state index in [-0.39, 0.29) is 0 Å². The van der Waals surface area contributed by atoms with Crippen molar-refractivity contribution in [2.24, 2.45) is 5.41 Å². The van der Waals surface area contributed by atoms with E-state index in [1.54, 1.807) is 0 Å². The lowest BCUT2D eigenvalue weighted by molar-refractivity contribution is -0.148. The molecule has 2 aliphatic rings. The molecule has 0 radical (unpaired) electrons. The Bertz CT molecular complexity index is 484. The van der Waals surface area contributed by atoms with Crippen LogP contribution in [0, 0.1) is 5.41 Å². The van der Waals surface area contributed by atoms with Crippen molar-refractivity contribution in [1.29, 1.82) is 0 Å². The maximum Gasteiger partial charge on any atom is 0.310 e. The maximum atomic E-state index is 11.4. The van der Waals surface area contributed by atoms with Gasteiger partial charge in [0.05, 0.1) is 18.0 Å². The van der Waals surface area contributed by atoms with Crippen molar-refractivity contribution in [2.75, 3.05) is 13.1 Å². The zero-order valence-corrected chi connectivity index (χ0v) is 11.1. The molecule has 1 saturated carbocycles. The van der Waals surface area contributed by atoms with Gasteiger partial charge in [0.1, 0.15) is 0 Å². The molecule has 0 aromatic carbocycles. The minimum Gasteiger partial charge on any atom is -0.481 e. The molecule has 3 rings (SSSR count). The molecule has 1 atom stereocenters. The molecule has 1 aromatic rings. The SMILES string of the molecule is CCC1(C(=O)O)CCN(Cc2nnnn2C2CC2)C1. The quantitative estimate of drug-likeness (QED) is 0.843. The third-order valence-electron chi connectivity index (χ3n) is 4.38. The van der Waals surface area contributed by atoms with Crippen LogP contribution >= 0.6 is 0 Å². The summed E-state index contributed by atoms with van der Waals surface area (Å²) < 4.78 is 1.90. The molecular weight excluding hydrogens is 246 g/mol. The van der Waals surface area contributed by atoms with E-state index in [9.17, 15) is 9.90 Å². The lowest BCUT2D eigenvalue weighted by atomic mass is 9.84. The summed E-state index contributed by atoms with van der Waals surface area (Å²) in [6, 6.07) is 0.461. The van der Waals surface area contributed by atoms with Gasteiger partial charge in [-0.1, -0.05) is 6.92 Å². The van der Waals surface area contributed by atoms with E-state index < -0.39 is 11.4 Å². The van der Waals surface area contributed by atoms with Crippen LogP contribution in [0.5, 0.6) is 0 Å². The molecule has 2 fully saturated rings. The zero-order chi connectivity index (χ0) is 13.5. The predicted molar refractivity (Wildman–Crippen MR) is 66.3 cm³/mol. The van der Waals surface area contributed by atoms with Crippen molar-refractivity contribution >= 4 is 5.97 Å². The van der Waals surface area contributed by atoms with Gasteiger partial charge in [0.2, 0.25) is 0 Å². The average molecular weight is 265 g/mol. The molecule has 1 N–H and O–H groups in total. The Morgan fingerprint density at radius 1 is 1.53 bits per heavy atom. The molecule has 1 unspecified atom stereocenters. The molecule has 1 aliphatic carbocycles. The van der Waals surface area contributed by atoms with Crippen LogP contribution in [0.15, 0.2) is 0 Å². The number of rotatable bonds is 5. The molecule has 19 heavy (non-hydrogen) atoms. The Labute approximate surface area is 111 Å². The van der Waals surface area contributed by atoms with Crippen molar-refractivity contribution in [3.8, 4) is 0 Å². The zero-order valence-electron chi connectivity index (χ0n) is 11.1. The number of tetrazole rings is 1. The monoisotopic (exact) mass is 265 g/mol. The van der Waals surface area contributed by atoms with E-state index in [2.05, 4.69) is 20.4 Å². The standard InChI is InChI=1S/C12H19N5O2/c1-2-12(11(18)19)5-6-16(8-12)7-10-13-14-15-17(10)9-3-4-9/h9H,2-8H2,1H3,(H,18,19). The minimum atomic E-state index is -0.681. The number of hydrogen-bond donors (Lipinski definition) is 1. The van der Waals surface area contributed by atoms with E-state index in [1.807, 2.05) is 11.6 Å². The van der Waals surface area contributed by atoms with Gasteiger partial charge in [0.25, 0.3) is 0 Å². The molecule has 1 aromatic heterocycles. The van der Waals surface area contributed by atoms with Crippen LogP contribution in [-0.2, 0) is 11.3 Å². The molecule has 1 aliphatic heterocycles. The van der Waals surface area contributed by atoms with Crippen LogP contribution < -0.4 is 0 Å². The molecule has 1 saturated heterocycles. The summed E-state index contributed by atoms with van der Waals surface area (Å²) in [5, 5.41) is 21.2. The molecule has 2 heterocycles. The first-order chi connectivity index (χ1) is 9.14. The van der Waals surface area contributed by atoms with Gasteiger partial charge in [-0.25, -0.2) is 4.68 Å². The topological polar surface area (TPSA) is 84.1 Å². The first kappa shape index (κ1) is 12.5. The Morgan fingerprint density at radius 2 is 2.32 bits per heavy atom. The fourth-order valence-corrected chi connectivity index (χ4v) is 2.83. The van der Waals surface area contributed by atoms with Gasteiger partial charge in [-0.2, -0.15) is 0 Å². The van der Waals surface area contributed by atoms with E-state index in [4.69, 9.17) is 0 Å². The van der Waals surface area contributed by atoms with Gasteiger partial charge in [-0.3, -0.25) is 9.69 Å². The fourth-order valence-electron chi connectivity index (χ4n) is 2.83. The Balaban J connectivity index is 1.68. The molecule has 0 spiro atoms. The lowest BCUT2D eigenvalue weighted by Gasteiger charge is -2.22. The van der Waals surface area contributed by atoms with Crippen LogP contribution in [-0.4, -0.2) is 49.3 Å². The van der Waals surface area contributed by atoms with Crippen molar-refractivity contribution in [1.82, 2.24) is 25.1 Å². The normalized spacial score (nSPS) is 27.8. The van der Waals surface area contributed by atoms with Crippen LogP contribution in [0.3, 0.4) is 0 Å². The van der Waals surface area contributed by atoms with Crippen LogP contribution in [0.25, 0.3) is 0 Å². The van der Waals surface area contributed by atoms with Crippen molar-refractivity contribution < 1.29 is 9.90 Å². The van der Waals surface area contributed by atoms with Crippen LogP contribution in [0.1, 0.15) is 44.5 Å². The lowest BCUT2D eigenvalue weighted by Crippen LogP contribution is -2.34. The van der Waals surface area contributed by atoms with Gasteiger partial charge >= 0.3 is 5.97 Å². The van der Waals surface area contributed by atoms with E-state index in [0.717, 1.165) is 25.2 Å². The molecule has 0 amide bonds. The minimum absolute atomic E-state index is 0.461. The second kappa shape index (κ2) is 4.56. The first-order valence-electron chi connectivity index (χ1n) is 6.87. The number of carboxylic acids is 1. The highest BCUT2D eigenvalue weighted by atomic mass is 16.4. The molecule has 7 nitrogen and oxygen atoms in total. The Hall–Kier alpha value is -1.50. The van der Waals surface area contributed by atoms with E-state index in [0.29, 0.717) is 32.0 Å². The second-order valence-corrected chi connectivity index (χ2v) is 5.67. The van der Waals surface area contributed by atoms with Gasteiger partial charge in [-0.15, -0.1) is 5.10 Å². The maximum absolute atomic E-state index is 11.4. The fraction of sp³-hybridized carbons (Fsp3) is 0.833. The van der Waals surface area contributed by atoms with Gasteiger partial charge in [-0.05, 0) is 42.7 Å². The van der Waals surface area contributed by atoms with Crippen LogP contribution in [0.2, 0.25) is 0 Å². The first-order valence-corrected chi connectivity index (χ1v) is 6.87. The van der Waals surface area contributed by atoms with E-state index >= 15 is 0 Å². The molecule has 104 valence electrons. The summed E-state index contributed by atoms with van der Waals surface area (Å²) in [6.07, 6.45) is 3.67. The highest BCUT2D eigenvalue weighted by Gasteiger charge is 2.43. The second-order valence-electron chi connectivity index (χ2n) is 5.67. The third-order valence-corrected chi connectivity index (χ3v) is 4.38. The summed E-state index contributed by atoms with van der Waals surface area (Å²) in [6.45, 7) is 4.00. The van der Waals surface area contributed by atoms with Gasteiger partial charge in [0.15, 0.2) is 5.82 Å². The number of carbonyl (C=O) groups is 1. The Kier molecular flexibility index (Phi) is 3.00. The summed E-state index contributed by atoms with van der Waals surface area (Å²) in [5.74, 6) is 0.180. The molecule has 7 heteroatoms. The third kappa shape index (κ3) is 2.22. The summed E-state index contributed by atoms with van der Waals surface area (Å²) in [5.41, 5.74) is -0.585.